The van der Waals surface area contributed by atoms with Gasteiger partial charge in [0.25, 0.3) is 0 Å². The molecule has 0 bridgehead atoms. The van der Waals surface area contributed by atoms with Crippen LogP contribution in [0.5, 0.6) is 0 Å². The molecule has 2 aliphatic rings. The molecule has 2 aromatic carbocycles. The fraction of sp³-hybridized carbons (Fsp3) is 0.464. The van der Waals surface area contributed by atoms with Gasteiger partial charge in [-0.05, 0) is 29.0 Å². The highest BCUT2D eigenvalue weighted by molar-refractivity contribution is 5.90. The molecule has 4 rings (SSSR count). The number of hydrogen-bond donors (Lipinski definition) is 1. The molecule has 2 aliphatic heterocycles. The summed E-state index contributed by atoms with van der Waals surface area (Å²) in [6.45, 7) is 6.48. The summed E-state index contributed by atoms with van der Waals surface area (Å²) in [6.07, 6.45) is -0.732. The van der Waals surface area contributed by atoms with Gasteiger partial charge in [0.2, 0.25) is 17.7 Å². The van der Waals surface area contributed by atoms with Crippen LogP contribution in [-0.2, 0) is 14.4 Å². The lowest BCUT2D eigenvalue weighted by molar-refractivity contribution is -0.141. The lowest BCUT2D eigenvalue weighted by Gasteiger charge is -2.28. The number of carbonyl (C=O) groups excluding carboxylic acids is 3. The van der Waals surface area contributed by atoms with E-state index in [4.69, 9.17) is 0 Å². The smallest absolute Gasteiger partial charge is 0.243 e. The Morgan fingerprint density at radius 1 is 0.943 bits per heavy atom. The van der Waals surface area contributed by atoms with E-state index in [0.717, 1.165) is 11.1 Å². The van der Waals surface area contributed by atoms with Gasteiger partial charge in [0.15, 0.2) is 0 Å². The van der Waals surface area contributed by atoms with E-state index in [1.54, 1.807) is 4.90 Å². The van der Waals surface area contributed by atoms with Gasteiger partial charge < -0.3 is 15.1 Å². The number of halogens is 1. The van der Waals surface area contributed by atoms with Crippen molar-refractivity contribution in [1.29, 1.82) is 0 Å². The zero-order valence-electron chi connectivity index (χ0n) is 20.6. The van der Waals surface area contributed by atoms with Crippen LogP contribution in [0.1, 0.15) is 62.3 Å². The van der Waals surface area contributed by atoms with Crippen LogP contribution in [0, 0.1) is 5.92 Å². The molecule has 6 nitrogen and oxygen atoms in total. The average Bonchev–Trinajstić information content (AvgIpc) is 3.50. The molecule has 0 aliphatic carbocycles. The molecule has 2 saturated heterocycles. The maximum Gasteiger partial charge on any atom is 0.243 e. The molecule has 0 spiro atoms. The molecule has 0 saturated carbocycles. The van der Waals surface area contributed by atoms with Crippen LogP contribution in [0.4, 0.5) is 4.39 Å². The predicted molar refractivity (Wildman–Crippen MR) is 132 cm³/mol. The molecule has 2 aromatic rings. The first kappa shape index (κ1) is 24.9. The number of amides is 3. The van der Waals surface area contributed by atoms with Crippen LogP contribution in [0.15, 0.2) is 54.6 Å². The Kier molecular flexibility index (Phi) is 7.53. The van der Waals surface area contributed by atoms with Crippen LogP contribution < -0.4 is 5.32 Å². The number of likely N-dealkylation sites (tertiary alicyclic amines) is 2. The molecule has 1 N–H and O–H groups in total. The Hall–Kier alpha value is -3.22. The molecule has 2 fully saturated rings. The predicted octanol–water partition coefficient (Wildman–Crippen LogP) is 3.82. The normalized spacial score (nSPS) is 22.9. The summed E-state index contributed by atoms with van der Waals surface area (Å²) in [5.74, 6) is -0.683. The van der Waals surface area contributed by atoms with Crippen molar-refractivity contribution in [3.05, 3.63) is 71.3 Å². The van der Waals surface area contributed by atoms with Gasteiger partial charge in [0.1, 0.15) is 12.2 Å². The van der Waals surface area contributed by atoms with Gasteiger partial charge in [-0.25, -0.2) is 4.39 Å². The molecule has 4 unspecified atom stereocenters. The van der Waals surface area contributed by atoms with Crippen molar-refractivity contribution < 1.29 is 18.8 Å². The second-order valence-corrected chi connectivity index (χ2v) is 9.96. The summed E-state index contributed by atoms with van der Waals surface area (Å²) in [5.41, 5.74) is 3.05. The lowest BCUT2D eigenvalue weighted by atomic mass is 9.95. The molecule has 0 aromatic heterocycles. The molecular weight excluding hydrogens is 445 g/mol. The number of alkyl halides is 1. The highest BCUT2D eigenvalue weighted by Gasteiger charge is 2.44. The topological polar surface area (TPSA) is 69.7 Å². The van der Waals surface area contributed by atoms with Crippen LogP contribution in [0.25, 0.3) is 0 Å². The van der Waals surface area contributed by atoms with Gasteiger partial charge >= 0.3 is 0 Å². The standard InChI is InChI=1S/C28H34FN3O3/c1-18(2)20-9-11-22(12-10-20)26(21-7-5-4-6-8-21)30-27(34)25-15-24(29)17-32(25)28(35)23-13-14-31(16-23)19(3)33/h4-12,18,23-26H,13-17H2,1-3H3,(H,30,34). The number of carbonyl (C=O) groups is 3. The Balaban J connectivity index is 1.54. The van der Waals surface area contributed by atoms with Crippen molar-refractivity contribution in [3.8, 4) is 0 Å². The third kappa shape index (κ3) is 5.55. The Morgan fingerprint density at radius 3 is 2.17 bits per heavy atom. The summed E-state index contributed by atoms with van der Waals surface area (Å²) in [7, 11) is 0. The fourth-order valence-corrected chi connectivity index (χ4v) is 5.08. The summed E-state index contributed by atoms with van der Waals surface area (Å²) in [5, 5.41) is 3.10. The molecule has 4 atom stereocenters. The van der Waals surface area contributed by atoms with E-state index in [1.807, 2.05) is 42.5 Å². The minimum atomic E-state index is -1.25. The second kappa shape index (κ2) is 10.6. The summed E-state index contributed by atoms with van der Waals surface area (Å²) >= 11 is 0. The van der Waals surface area contributed by atoms with Crippen LogP contribution >= 0.6 is 0 Å². The van der Waals surface area contributed by atoms with Crippen molar-refractivity contribution in [3.63, 3.8) is 0 Å². The number of benzene rings is 2. The molecule has 2 heterocycles. The molecular formula is C28H34FN3O3. The number of hydrogen-bond acceptors (Lipinski definition) is 3. The first-order chi connectivity index (χ1) is 16.7. The number of rotatable bonds is 6. The van der Waals surface area contributed by atoms with Crippen LogP contribution in [-0.4, -0.2) is 59.4 Å². The van der Waals surface area contributed by atoms with Gasteiger partial charge in [-0.15, -0.1) is 0 Å². The monoisotopic (exact) mass is 479 g/mol. The Labute approximate surface area is 206 Å². The van der Waals surface area contributed by atoms with Crippen molar-refractivity contribution in [2.24, 2.45) is 5.92 Å². The van der Waals surface area contributed by atoms with Gasteiger partial charge in [-0.1, -0.05) is 68.4 Å². The van der Waals surface area contributed by atoms with Crippen molar-refractivity contribution in [2.75, 3.05) is 19.6 Å². The Bertz CT molecular complexity index is 1060. The minimum Gasteiger partial charge on any atom is -0.343 e. The third-order valence-corrected chi connectivity index (χ3v) is 7.17. The zero-order chi connectivity index (χ0) is 25.1. The first-order valence-corrected chi connectivity index (χ1v) is 12.4. The molecule has 3 amide bonds. The van der Waals surface area contributed by atoms with E-state index in [-0.39, 0.29) is 30.7 Å². The van der Waals surface area contributed by atoms with E-state index in [2.05, 4.69) is 31.3 Å². The highest BCUT2D eigenvalue weighted by atomic mass is 19.1. The number of nitrogens with zero attached hydrogens (tertiary/aromatic N) is 2. The summed E-state index contributed by atoms with van der Waals surface area (Å²) in [4.78, 5) is 41.4. The quantitative estimate of drug-likeness (QED) is 0.685. The van der Waals surface area contributed by atoms with E-state index in [9.17, 15) is 18.8 Å². The van der Waals surface area contributed by atoms with Gasteiger partial charge in [-0.2, -0.15) is 0 Å². The summed E-state index contributed by atoms with van der Waals surface area (Å²) < 4.78 is 14.5. The SMILES string of the molecule is CC(=O)N1CCC(C(=O)N2CC(F)CC2C(=O)NC(c2ccccc2)c2ccc(C(C)C)cc2)C1. The minimum absolute atomic E-state index is 0.0193. The van der Waals surface area contributed by atoms with Crippen molar-refractivity contribution >= 4 is 17.7 Å². The molecule has 186 valence electrons. The third-order valence-electron chi connectivity index (χ3n) is 7.17. The number of nitrogens with one attached hydrogen (secondary N) is 1. The van der Waals surface area contributed by atoms with Gasteiger partial charge in [0.05, 0.1) is 18.5 Å². The van der Waals surface area contributed by atoms with Crippen LogP contribution in [0.3, 0.4) is 0 Å². The van der Waals surface area contributed by atoms with Crippen LogP contribution in [0.2, 0.25) is 0 Å². The molecule has 0 radical (unpaired) electrons. The van der Waals surface area contributed by atoms with Crippen molar-refractivity contribution in [1.82, 2.24) is 15.1 Å². The molecule has 7 heteroatoms. The van der Waals surface area contributed by atoms with Gasteiger partial charge in [0, 0.05) is 26.4 Å². The summed E-state index contributed by atoms with van der Waals surface area (Å²) in [6, 6.07) is 16.5. The maximum atomic E-state index is 14.5. The van der Waals surface area contributed by atoms with E-state index in [1.165, 1.54) is 17.4 Å². The fourth-order valence-electron chi connectivity index (χ4n) is 5.08. The largest absolute Gasteiger partial charge is 0.343 e. The lowest BCUT2D eigenvalue weighted by Crippen LogP contribution is -2.49. The second-order valence-electron chi connectivity index (χ2n) is 9.96. The van der Waals surface area contributed by atoms with E-state index >= 15 is 0 Å². The van der Waals surface area contributed by atoms with E-state index < -0.39 is 24.2 Å². The van der Waals surface area contributed by atoms with Crippen molar-refractivity contribution in [2.45, 2.75) is 57.8 Å². The zero-order valence-corrected chi connectivity index (χ0v) is 20.6. The Morgan fingerprint density at radius 2 is 1.57 bits per heavy atom. The highest BCUT2D eigenvalue weighted by Crippen LogP contribution is 2.29. The van der Waals surface area contributed by atoms with Gasteiger partial charge in [-0.3, -0.25) is 14.4 Å². The van der Waals surface area contributed by atoms with E-state index in [0.29, 0.717) is 25.4 Å². The first-order valence-electron chi connectivity index (χ1n) is 12.4. The maximum absolute atomic E-state index is 14.5. The molecule has 35 heavy (non-hydrogen) atoms. The average molecular weight is 480 g/mol.